The van der Waals surface area contributed by atoms with E-state index in [1.54, 1.807) is 21.1 Å². The number of imide groups is 1. The maximum absolute atomic E-state index is 13.0. The summed E-state index contributed by atoms with van der Waals surface area (Å²) in [6.45, 7) is 3.72. The summed E-state index contributed by atoms with van der Waals surface area (Å²) in [5.41, 5.74) is 2.66. The average Bonchev–Trinajstić information content (AvgIpc) is 3.02. The predicted molar refractivity (Wildman–Crippen MR) is 127 cm³/mol. The van der Waals surface area contributed by atoms with Crippen molar-refractivity contribution in [3.05, 3.63) is 71.8 Å². The minimum absolute atomic E-state index is 0.286. The standard InChI is InChI=1S/C26H27N3O4/c1-17-5-10-22(11-6-17)29-18(2)25(31)28(26(29)32)16-24(30)27(3)15-19-7-8-21-14-23(33-4)12-9-20(21)13-19/h5-14,18H,15-16H2,1-4H3. The first-order chi connectivity index (χ1) is 15.8. The largest absolute Gasteiger partial charge is 0.497 e. The monoisotopic (exact) mass is 445 g/mol. The number of methoxy groups -OCH3 is 1. The Hall–Kier alpha value is -3.87. The van der Waals surface area contributed by atoms with Gasteiger partial charge in [-0.1, -0.05) is 35.9 Å². The first-order valence-corrected chi connectivity index (χ1v) is 10.8. The van der Waals surface area contributed by atoms with Gasteiger partial charge in [-0.15, -0.1) is 0 Å². The van der Waals surface area contributed by atoms with Crippen molar-refractivity contribution in [1.29, 1.82) is 0 Å². The molecule has 4 rings (SSSR count). The Bertz CT molecular complexity index is 1220. The minimum atomic E-state index is -0.657. The number of hydrogen-bond donors (Lipinski definition) is 0. The van der Waals surface area contributed by atoms with Gasteiger partial charge in [-0.3, -0.25) is 19.4 Å². The van der Waals surface area contributed by atoms with Gasteiger partial charge in [0, 0.05) is 19.3 Å². The summed E-state index contributed by atoms with van der Waals surface area (Å²) in [5.74, 6) is 0.114. The molecule has 0 N–H and O–H groups in total. The lowest BCUT2D eigenvalue weighted by Gasteiger charge is -2.22. The highest BCUT2D eigenvalue weighted by atomic mass is 16.5. The van der Waals surface area contributed by atoms with Gasteiger partial charge in [0.05, 0.1) is 7.11 Å². The average molecular weight is 446 g/mol. The Labute approximate surface area is 193 Å². The molecule has 170 valence electrons. The number of benzene rings is 3. The maximum Gasteiger partial charge on any atom is 0.332 e. The minimum Gasteiger partial charge on any atom is -0.497 e. The second kappa shape index (κ2) is 8.94. The third kappa shape index (κ3) is 4.39. The Morgan fingerprint density at radius 3 is 2.36 bits per heavy atom. The predicted octanol–water partition coefficient (Wildman–Crippen LogP) is 3.97. The van der Waals surface area contributed by atoms with Crippen LogP contribution in [0.2, 0.25) is 0 Å². The van der Waals surface area contributed by atoms with Crippen molar-refractivity contribution in [3.8, 4) is 5.75 Å². The van der Waals surface area contributed by atoms with E-state index in [0.29, 0.717) is 12.2 Å². The van der Waals surface area contributed by atoms with Crippen LogP contribution in [-0.2, 0) is 16.1 Å². The second-order valence-corrected chi connectivity index (χ2v) is 8.39. The smallest absolute Gasteiger partial charge is 0.332 e. The molecule has 0 aliphatic carbocycles. The van der Waals surface area contributed by atoms with Crippen molar-refractivity contribution in [1.82, 2.24) is 9.80 Å². The molecule has 33 heavy (non-hydrogen) atoms. The zero-order valence-corrected chi connectivity index (χ0v) is 19.2. The third-order valence-electron chi connectivity index (χ3n) is 6.01. The SMILES string of the molecule is COc1ccc2cc(CN(C)C(=O)CN3C(=O)C(C)N(c4ccc(C)cc4)C3=O)ccc2c1. The molecule has 1 heterocycles. The van der Waals surface area contributed by atoms with Crippen LogP contribution >= 0.6 is 0 Å². The molecule has 1 saturated heterocycles. The molecule has 1 aliphatic heterocycles. The van der Waals surface area contributed by atoms with E-state index >= 15 is 0 Å². The summed E-state index contributed by atoms with van der Waals surface area (Å²) in [4.78, 5) is 42.6. The normalized spacial score (nSPS) is 15.9. The van der Waals surface area contributed by atoms with E-state index < -0.39 is 12.1 Å². The van der Waals surface area contributed by atoms with E-state index in [1.807, 2.05) is 67.6 Å². The molecule has 0 radical (unpaired) electrons. The number of hydrogen-bond acceptors (Lipinski definition) is 4. The van der Waals surface area contributed by atoms with Gasteiger partial charge in [0.25, 0.3) is 5.91 Å². The molecule has 7 nitrogen and oxygen atoms in total. The van der Waals surface area contributed by atoms with Gasteiger partial charge < -0.3 is 9.64 Å². The Morgan fingerprint density at radius 2 is 1.67 bits per heavy atom. The third-order valence-corrected chi connectivity index (χ3v) is 6.01. The summed E-state index contributed by atoms with van der Waals surface area (Å²) < 4.78 is 5.26. The fourth-order valence-electron chi connectivity index (χ4n) is 4.03. The van der Waals surface area contributed by atoms with E-state index in [-0.39, 0.29) is 18.4 Å². The quantitative estimate of drug-likeness (QED) is 0.539. The van der Waals surface area contributed by atoms with Crippen LogP contribution in [0.3, 0.4) is 0 Å². The first-order valence-electron chi connectivity index (χ1n) is 10.8. The molecule has 0 spiro atoms. The van der Waals surface area contributed by atoms with Crippen molar-refractivity contribution >= 4 is 34.3 Å². The zero-order chi connectivity index (χ0) is 23.7. The van der Waals surface area contributed by atoms with Crippen LogP contribution in [0.4, 0.5) is 10.5 Å². The molecule has 0 aromatic heterocycles. The molecule has 7 heteroatoms. The highest BCUT2D eigenvalue weighted by molar-refractivity contribution is 6.15. The summed E-state index contributed by atoms with van der Waals surface area (Å²) in [7, 11) is 3.31. The summed E-state index contributed by atoms with van der Waals surface area (Å²) >= 11 is 0. The van der Waals surface area contributed by atoms with E-state index in [0.717, 1.165) is 32.5 Å². The topological polar surface area (TPSA) is 70.2 Å². The number of anilines is 1. The van der Waals surface area contributed by atoms with Gasteiger partial charge in [-0.2, -0.15) is 0 Å². The van der Waals surface area contributed by atoms with Crippen molar-refractivity contribution in [2.24, 2.45) is 0 Å². The lowest BCUT2D eigenvalue weighted by Crippen LogP contribution is -2.42. The van der Waals surface area contributed by atoms with Gasteiger partial charge in [0.1, 0.15) is 18.3 Å². The number of carbonyl (C=O) groups is 3. The molecule has 1 atom stereocenters. The number of rotatable bonds is 6. The molecule has 1 fully saturated rings. The van der Waals surface area contributed by atoms with Crippen molar-refractivity contribution in [2.45, 2.75) is 26.4 Å². The number of carbonyl (C=O) groups excluding carboxylic acids is 3. The lowest BCUT2D eigenvalue weighted by molar-refractivity contribution is -0.136. The zero-order valence-electron chi connectivity index (χ0n) is 19.2. The van der Waals surface area contributed by atoms with Crippen LogP contribution in [0.1, 0.15) is 18.1 Å². The van der Waals surface area contributed by atoms with Gasteiger partial charge in [0.15, 0.2) is 0 Å². The summed E-state index contributed by atoms with van der Waals surface area (Å²) in [5, 5.41) is 2.09. The van der Waals surface area contributed by atoms with Gasteiger partial charge >= 0.3 is 6.03 Å². The van der Waals surface area contributed by atoms with Gasteiger partial charge in [0.2, 0.25) is 5.91 Å². The molecule has 0 bridgehead atoms. The number of aryl methyl sites for hydroxylation is 1. The van der Waals surface area contributed by atoms with Crippen LogP contribution in [0.25, 0.3) is 10.8 Å². The molecule has 3 aromatic rings. The van der Waals surface area contributed by atoms with E-state index in [9.17, 15) is 14.4 Å². The Kier molecular flexibility index (Phi) is 6.05. The first kappa shape index (κ1) is 22.3. The van der Waals surface area contributed by atoms with Crippen LogP contribution in [-0.4, -0.2) is 54.4 Å². The fourth-order valence-corrected chi connectivity index (χ4v) is 4.03. The van der Waals surface area contributed by atoms with E-state index in [2.05, 4.69) is 0 Å². The number of likely N-dealkylation sites (N-methyl/N-ethyl adjacent to an activating group) is 1. The molecule has 1 unspecified atom stereocenters. The molecule has 1 aliphatic rings. The van der Waals surface area contributed by atoms with Crippen LogP contribution in [0.15, 0.2) is 60.7 Å². The lowest BCUT2D eigenvalue weighted by atomic mass is 10.1. The van der Waals surface area contributed by atoms with E-state index in [1.165, 1.54) is 9.80 Å². The highest BCUT2D eigenvalue weighted by Gasteiger charge is 2.44. The van der Waals surface area contributed by atoms with E-state index in [4.69, 9.17) is 4.74 Å². The van der Waals surface area contributed by atoms with Crippen LogP contribution < -0.4 is 9.64 Å². The molecule has 3 aromatic carbocycles. The van der Waals surface area contributed by atoms with Crippen LogP contribution in [0.5, 0.6) is 5.75 Å². The number of amides is 4. The Morgan fingerprint density at radius 1 is 1.00 bits per heavy atom. The number of fused-ring (bicyclic) bond motifs is 1. The van der Waals surface area contributed by atoms with Gasteiger partial charge in [-0.05, 0) is 60.5 Å². The van der Waals surface area contributed by atoms with Crippen molar-refractivity contribution in [3.63, 3.8) is 0 Å². The fraction of sp³-hybridized carbons (Fsp3) is 0.269. The molecule has 0 saturated carbocycles. The molecular weight excluding hydrogens is 418 g/mol. The Balaban J connectivity index is 1.45. The number of urea groups is 1. The highest BCUT2D eigenvalue weighted by Crippen LogP contribution is 2.26. The summed E-state index contributed by atoms with van der Waals surface area (Å²) in [6.07, 6.45) is 0. The summed E-state index contributed by atoms with van der Waals surface area (Å²) in [6, 6.07) is 18.1. The molecular formula is C26H27N3O4. The van der Waals surface area contributed by atoms with Crippen LogP contribution in [0, 0.1) is 6.92 Å². The second-order valence-electron chi connectivity index (χ2n) is 8.39. The number of nitrogens with zero attached hydrogens (tertiary/aromatic N) is 3. The number of ether oxygens (including phenoxy) is 1. The molecule has 4 amide bonds. The van der Waals surface area contributed by atoms with Crippen molar-refractivity contribution in [2.75, 3.05) is 25.6 Å². The van der Waals surface area contributed by atoms with Gasteiger partial charge in [-0.25, -0.2) is 4.79 Å². The maximum atomic E-state index is 13.0. The van der Waals surface area contributed by atoms with Crippen molar-refractivity contribution < 1.29 is 19.1 Å².